The number of fused-ring (bicyclic) bond motifs is 3. The molecular formula is C21H36O2. The van der Waals surface area contributed by atoms with Gasteiger partial charge in [0.2, 0.25) is 0 Å². The fraction of sp³-hybridized carbons (Fsp3) is 0.905. The number of ether oxygens (including phenoxy) is 2. The summed E-state index contributed by atoms with van der Waals surface area (Å²) in [5, 5.41) is 0. The van der Waals surface area contributed by atoms with Crippen molar-refractivity contribution in [2.45, 2.75) is 84.8 Å². The lowest BCUT2D eigenvalue weighted by atomic mass is 9.45. The van der Waals surface area contributed by atoms with Crippen LogP contribution in [0.5, 0.6) is 0 Å². The third kappa shape index (κ3) is 2.80. The Kier molecular flexibility index (Phi) is 4.47. The standard InChI is InChI=1S/C21H36O2/c1-7-15(2)16-13-18-20(5)11-8-10-19(3,4)17(20)9-12-21(18,6)23-14-22-16/h7,15-18H,1,8-14H2,2-6H3/t15?,16?,17-,18+,20-,21+/m0/s1. The maximum absolute atomic E-state index is 6.35. The summed E-state index contributed by atoms with van der Waals surface area (Å²) < 4.78 is 12.4. The van der Waals surface area contributed by atoms with Gasteiger partial charge in [0.1, 0.15) is 6.79 Å². The molecule has 1 saturated heterocycles. The maximum Gasteiger partial charge on any atom is 0.147 e. The molecule has 0 bridgehead atoms. The first kappa shape index (κ1) is 17.5. The van der Waals surface area contributed by atoms with Gasteiger partial charge in [-0.1, -0.05) is 40.2 Å². The number of hydrogen-bond donors (Lipinski definition) is 0. The Balaban J connectivity index is 1.95. The molecule has 0 N–H and O–H groups in total. The molecule has 2 saturated carbocycles. The Morgan fingerprint density at radius 3 is 2.52 bits per heavy atom. The van der Waals surface area contributed by atoms with E-state index in [4.69, 9.17) is 9.47 Å². The van der Waals surface area contributed by atoms with Crippen LogP contribution in [-0.4, -0.2) is 18.5 Å². The summed E-state index contributed by atoms with van der Waals surface area (Å²) in [6.07, 6.45) is 9.97. The Bertz CT molecular complexity index is 457. The van der Waals surface area contributed by atoms with Crippen molar-refractivity contribution in [3.63, 3.8) is 0 Å². The molecular weight excluding hydrogens is 284 g/mol. The van der Waals surface area contributed by atoms with Crippen molar-refractivity contribution in [2.24, 2.45) is 28.6 Å². The van der Waals surface area contributed by atoms with Gasteiger partial charge >= 0.3 is 0 Å². The summed E-state index contributed by atoms with van der Waals surface area (Å²) >= 11 is 0. The van der Waals surface area contributed by atoms with Gasteiger partial charge < -0.3 is 9.47 Å². The molecule has 6 atom stereocenters. The molecule has 1 aliphatic heterocycles. The summed E-state index contributed by atoms with van der Waals surface area (Å²) in [6.45, 7) is 16.6. The lowest BCUT2D eigenvalue weighted by molar-refractivity contribution is -0.202. The van der Waals surface area contributed by atoms with Crippen LogP contribution in [0.15, 0.2) is 12.7 Å². The highest BCUT2D eigenvalue weighted by Crippen LogP contribution is 2.64. The summed E-state index contributed by atoms with van der Waals surface area (Å²) in [5.41, 5.74) is 0.816. The smallest absolute Gasteiger partial charge is 0.147 e. The number of rotatable bonds is 2. The van der Waals surface area contributed by atoms with E-state index in [0.717, 1.165) is 12.3 Å². The van der Waals surface area contributed by atoms with E-state index in [9.17, 15) is 0 Å². The monoisotopic (exact) mass is 320 g/mol. The van der Waals surface area contributed by atoms with Gasteiger partial charge in [-0.15, -0.1) is 6.58 Å². The molecule has 0 aromatic heterocycles. The van der Waals surface area contributed by atoms with Crippen LogP contribution in [0, 0.1) is 28.6 Å². The third-order valence-corrected chi connectivity index (χ3v) is 7.84. The summed E-state index contributed by atoms with van der Waals surface area (Å²) in [7, 11) is 0. The molecule has 2 aliphatic carbocycles. The molecule has 3 rings (SSSR count). The fourth-order valence-corrected chi connectivity index (χ4v) is 6.37. The minimum atomic E-state index is -0.0195. The molecule has 2 nitrogen and oxygen atoms in total. The summed E-state index contributed by atoms with van der Waals surface area (Å²) in [5.74, 6) is 1.79. The second kappa shape index (κ2) is 5.88. The molecule has 0 spiro atoms. The van der Waals surface area contributed by atoms with Crippen LogP contribution in [0.1, 0.15) is 73.1 Å². The third-order valence-electron chi connectivity index (χ3n) is 7.84. The van der Waals surface area contributed by atoms with E-state index in [2.05, 4.69) is 41.2 Å². The molecule has 0 radical (unpaired) electrons. The molecule has 3 fully saturated rings. The van der Waals surface area contributed by atoms with Gasteiger partial charge in [0.05, 0.1) is 11.7 Å². The lowest BCUT2D eigenvalue weighted by Crippen LogP contribution is -2.58. The second-order valence-electron chi connectivity index (χ2n) is 9.60. The maximum atomic E-state index is 6.35. The predicted molar refractivity (Wildman–Crippen MR) is 95.2 cm³/mol. The predicted octanol–water partition coefficient (Wildman–Crippen LogP) is 5.57. The first-order valence-electron chi connectivity index (χ1n) is 9.61. The van der Waals surface area contributed by atoms with Gasteiger partial charge in [-0.25, -0.2) is 0 Å². The van der Waals surface area contributed by atoms with Gasteiger partial charge in [0.25, 0.3) is 0 Å². The molecule has 23 heavy (non-hydrogen) atoms. The lowest BCUT2D eigenvalue weighted by Gasteiger charge is -2.62. The van der Waals surface area contributed by atoms with E-state index >= 15 is 0 Å². The van der Waals surface area contributed by atoms with Crippen molar-refractivity contribution in [3.8, 4) is 0 Å². The van der Waals surface area contributed by atoms with Gasteiger partial charge in [-0.3, -0.25) is 0 Å². The molecule has 2 unspecified atom stereocenters. The van der Waals surface area contributed by atoms with Crippen LogP contribution < -0.4 is 0 Å². The van der Waals surface area contributed by atoms with Crippen LogP contribution in [0.25, 0.3) is 0 Å². The minimum Gasteiger partial charge on any atom is -0.352 e. The first-order chi connectivity index (χ1) is 10.7. The molecule has 0 amide bonds. The van der Waals surface area contributed by atoms with E-state index in [-0.39, 0.29) is 11.7 Å². The average Bonchev–Trinajstić information content (AvgIpc) is 2.65. The van der Waals surface area contributed by atoms with Gasteiger partial charge in [-0.2, -0.15) is 0 Å². The van der Waals surface area contributed by atoms with Gasteiger partial charge in [0.15, 0.2) is 0 Å². The largest absolute Gasteiger partial charge is 0.352 e. The Hall–Kier alpha value is -0.340. The van der Waals surface area contributed by atoms with Crippen molar-refractivity contribution in [1.82, 2.24) is 0 Å². The van der Waals surface area contributed by atoms with Crippen LogP contribution in [0.2, 0.25) is 0 Å². The average molecular weight is 321 g/mol. The zero-order valence-corrected chi connectivity index (χ0v) is 15.9. The number of hydrogen-bond acceptors (Lipinski definition) is 2. The highest BCUT2D eigenvalue weighted by atomic mass is 16.7. The SMILES string of the molecule is C=CC(C)C1C[C@@H]2[C@@]3(C)CCCC(C)(C)[C@@H]3CC[C@@]2(C)OCO1. The van der Waals surface area contributed by atoms with E-state index in [1.807, 2.05) is 6.08 Å². The zero-order valence-electron chi connectivity index (χ0n) is 15.9. The van der Waals surface area contributed by atoms with Crippen molar-refractivity contribution in [3.05, 3.63) is 12.7 Å². The Morgan fingerprint density at radius 1 is 1.09 bits per heavy atom. The van der Waals surface area contributed by atoms with E-state index < -0.39 is 0 Å². The van der Waals surface area contributed by atoms with Crippen molar-refractivity contribution in [1.29, 1.82) is 0 Å². The molecule has 3 aliphatic rings. The van der Waals surface area contributed by atoms with Gasteiger partial charge in [0, 0.05) is 5.92 Å². The van der Waals surface area contributed by atoms with Crippen molar-refractivity contribution < 1.29 is 9.47 Å². The van der Waals surface area contributed by atoms with Crippen LogP contribution in [0.3, 0.4) is 0 Å². The molecule has 132 valence electrons. The summed E-state index contributed by atoms with van der Waals surface area (Å²) in [4.78, 5) is 0. The second-order valence-corrected chi connectivity index (χ2v) is 9.60. The van der Waals surface area contributed by atoms with Crippen LogP contribution in [0.4, 0.5) is 0 Å². The topological polar surface area (TPSA) is 18.5 Å². The zero-order chi connectivity index (χ0) is 16.9. The Labute approximate surface area is 143 Å². The molecule has 1 heterocycles. The van der Waals surface area contributed by atoms with Crippen LogP contribution in [-0.2, 0) is 9.47 Å². The molecule has 0 aromatic carbocycles. The molecule has 0 aromatic rings. The van der Waals surface area contributed by atoms with Crippen LogP contribution >= 0.6 is 0 Å². The highest BCUT2D eigenvalue weighted by Gasteiger charge is 2.59. The fourth-order valence-electron chi connectivity index (χ4n) is 6.37. The van der Waals surface area contributed by atoms with E-state index in [0.29, 0.717) is 29.5 Å². The molecule has 2 heteroatoms. The quantitative estimate of drug-likeness (QED) is 0.619. The first-order valence-corrected chi connectivity index (χ1v) is 9.61. The minimum absolute atomic E-state index is 0.0195. The van der Waals surface area contributed by atoms with E-state index in [1.54, 1.807) is 0 Å². The van der Waals surface area contributed by atoms with Gasteiger partial charge in [-0.05, 0) is 61.7 Å². The summed E-state index contributed by atoms with van der Waals surface area (Å²) in [6, 6.07) is 0. The van der Waals surface area contributed by atoms with Crippen molar-refractivity contribution >= 4 is 0 Å². The normalized spacial score (nSPS) is 47.8. The Morgan fingerprint density at radius 2 is 1.83 bits per heavy atom. The van der Waals surface area contributed by atoms with E-state index in [1.165, 1.54) is 32.1 Å². The van der Waals surface area contributed by atoms with Crippen molar-refractivity contribution in [2.75, 3.05) is 6.79 Å². The highest BCUT2D eigenvalue weighted by molar-refractivity contribution is 5.09.